The molecule has 1 heterocycles. The number of sulfonamides is 1. The van der Waals surface area contributed by atoms with E-state index >= 15 is 0 Å². The van der Waals surface area contributed by atoms with Crippen molar-refractivity contribution in [1.29, 1.82) is 0 Å². The Morgan fingerprint density at radius 3 is 2.28 bits per heavy atom. The molecule has 3 rings (SSSR count). The second-order valence-electron chi connectivity index (χ2n) is 7.73. The number of hydrogen-bond acceptors (Lipinski definition) is 6. The van der Waals surface area contributed by atoms with Crippen LogP contribution in [0.3, 0.4) is 0 Å². The normalized spacial score (nSPS) is 15.4. The van der Waals surface area contributed by atoms with Gasteiger partial charge in [-0.15, -0.1) is 0 Å². The maximum Gasteiger partial charge on any atom is 0.320 e. The number of ether oxygens (including phenoxy) is 1. The fourth-order valence-electron chi connectivity index (χ4n) is 3.49. The maximum atomic E-state index is 12.7. The molecule has 1 amide bonds. The third-order valence-corrected chi connectivity index (χ3v) is 7.16. The first-order valence-corrected chi connectivity index (χ1v) is 12.0. The van der Waals surface area contributed by atoms with Gasteiger partial charge in [-0.2, -0.15) is 4.31 Å². The fourth-order valence-corrected chi connectivity index (χ4v) is 4.63. The van der Waals surface area contributed by atoms with Crippen LogP contribution in [0.4, 0.5) is 0 Å². The van der Waals surface area contributed by atoms with E-state index in [9.17, 15) is 18.0 Å². The van der Waals surface area contributed by atoms with Crippen molar-refractivity contribution in [1.82, 2.24) is 14.1 Å². The fraction of sp³-hybridized carbons (Fsp3) is 0.391. The molecule has 0 atom stereocenters. The second kappa shape index (κ2) is 11.2. The molecule has 8 nitrogen and oxygen atoms in total. The van der Waals surface area contributed by atoms with Crippen molar-refractivity contribution in [3.63, 3.8) is 0 Å². The molecular weight excluding hydrogens is 430 g/mol. The third kappa shape index (κ3) is 6.62. The van der Waals surface area contributed by atoms with Crippen molar-refractivity contribution in [2.24, 2.45) is 0 Å². The summed E-state index contributed by atoms with van der Waals surface area (Å²) in [6.07, 6.45) is 0.701. The highest BCUT2D eigenvalue weighted by atomic mass is 32.2. The minimum Gasteiger partial charge on any atom is -0.460 e. The Balaban J connectivity index is 1.47. The van der Waals surface area contributed by atoms with Gasteiger partial charge in [-0.05, 0) is 24.1 Å². The lowest BCUT2D eigenvalue weighted by atomic mass is 10.2. The van der Waals surface area contributed by atoms with Crippen LogP contribution in [0.2, 0.25) is 0 Å². The van der Waals surface area contributed by atoms with Crippen LogP contribution in [0.25, 0.3) is 0 Å². The van der Waals surface area contributed by atoms with Gasteiger partial charge in [-0.25, -0.2) is 8.42 Å². The van der Waals surface area contributed by atoms with Crippen molar-refractivity contribution in [2.75, 3.05) is 46.3 Å². The molecule has 1 aliphatic heterocycles. The van der Waals surface area contributed by atoms with Gasteiger partial charge < -0.3 is 9.64 Å². The van der Waals surface area contributed by atoms with Gasteiger partial charge in [0.05, 0.1) is 18.0 Å². The van der Waals surface area contributed by atoms with Gasteiger partial charge >= 0.3 is 5.97 Å². The number of carbonyl (C=O) groups is 2. The Morgan fingerprint density at radius 1 is 0.938 bits per heavy atom. The van der Waals surface area contributed by atoms with E-state index in [0.717, 1.165) is 9.87 Å². The molecule has 9 heteroatoms. The second-order valence-corrected chi connectivity index (χ2v) is 9.78. The molecule has 32 heavy (non-hydrogen) atoms. The zero-order valence-corrected chi connectivity index (χ0v) is 19.0. The maximum absolute atomic E-state index is 12.7. The zero-order valence-electron chi connectivity index (χ0n) is 18.2. The zero-order chi connectivity index (χ0) is 23.0. The number of carbonyl (C=O) groups excluding carboxylic acids is 2. The number of hydrogen-bond donors (Lipinski definition) is 0. The molecule has 1 fully saturated rings. The van der Waals surface area contributed by atoms with Crippen molar-refractivity contribution < 1.29 is 22.7 Å². The lowest BCUT2D eigenvalue weighted by molar-refractivity contribution is -0.146. The summed E-state index contributed by atoms with van der Waals surface area (Å²) < 4.78 is 31.7. The van der Waals surface area contributed by atoms with Crippen LogP contribution in [0.1, 0.15) is 12.0 Å². The molecule has 0 N–H and O–H groups in total. The Labute approximate surface area is 189 Å². The van der Waals surface area contributed by atoms with E-state index < -0.39 is 10.0 Å². The molecule has 1 aliphatic rings. The van der Waals surface area contributed by atoms with Crippen LogP contribution in [-0.4, -0.2) is 80.7 Å². The summed E-state index contributed by atoms with van der Waals surface area (Å²) in [7, 11) is -2.31. The Kier molecular flexibility index (Phi) is 8.38. The smallest absolute Gasteiger partial charge is 0.320 e. The number of rotatable bonds is 8. The van der Waals surface area contributed by atoms with Gasteiger partial charge in [0, 0.05) is 33.2 Å². The predicted molar refractivity (Wildman–Crippen MR) is 120 cm³/mol. The SMILES string of the molecule is CN(CC(=O)N1CCCN(CC(=O)OCc2ccccc2)CC1)S(=O)(=O)c1ccccc1. The third-order valence-electron chi connectivity index (χ3n) is 5.35. The van der Waals surface area contributed by atoms with Gasteiger partial charge in [0.2, 0.25) is 15.9 Å². The molecule has 0 bridgehead atoms. The number of benzene rings is 2. The molecule has 0 spiro atoms. The molecular formula is C23H29N3O5S. The quantitative estimate of drug-likeness (QED) is 0.557. The van der Waals surface area contributed by atoms with E-state index in [2.05, 4.69) is 0 Å². The first-order chi connectivity index (χ1) is 15.4. The van der Waals surface area contributed by atoms with Gasteiger partial charge in [0.15, 0.2) is 0 Å². The van der Waals surface area contributed by atoms with Crippen LogP contribution in [0.5, 0.6) is 0 Å². The number of amides is 1. The van der Waals surface area contributed by atoms with Crippen molar-refractivity contribution in [3.8, 4) is 0 Å². The minimum absolute atomic E-state index is 0.159. The van der Waals surface area contributed by atoms with Gasteiger partial charge in [-0.1, -0.05) is 48.5 Å². The molecule has 2 aromatic carbocycles. The van der Waals surface area contributed by atoms with Gasteiger partial charge in [0.25, 0.3) is 0 Å². The first kappa shape index (κ1) is 23.9. The summed E-state index contributed by atoms with van der Waals surface area (Å²) in [4.78, 5) is 28.7. The lowest BCUT2D eigenvalue weighted by Gasteiger charge is -2.24. The molecule has 1 saturated heterocycles. The Bertz CT molecular complexity index is 999. The summed E-state index contributed by atoms with van der Waals surface area (Å²) in [6, 6.07) is 17.6. The Morgan fingerprint density at radius 2 is 1.59 bits per heavy atom. The molecule has 172 valence electrons. The highest BCUT2D eigenvalue weighted by Gasteiger charge is 2.26. The van der Waals surface area contributed by atoms with Crippen LogP contribution in [-0.2, 0) is 31.0 Å². The molecule has 0 radical (unpaired) electrons. The van der Waals surface area contributed by atoms with Gasteiger partial charge in [0.1, 0.15) is 6.61 Å². The molecule has 0 aromatic heterocycles. The van der Waals surface area contributed by atoms with E-state index in [0.29, 0.717) is 32.6 Å². The largest absolute Gasteiger partial charge is 0.460 e. The standard InChI is InChI=1S/C23H29N3O5S/c1-24(32(29,30)21-11-6-3-7-12-21)17-22(27)26-14-8-13-25(15-16-26)18-23(28)31-19-20-9-4-2-5-10-20/h2-7,9-12H,8,13-19H2,1H3. The number of likely N-dealkylation sites (N-methyl/N-ethyl adjacent to an activating group) is 1. The topological polar surface area (TPSA) is 87.2 Å². The average molecular weight is 460 g/mol. The van der Waals surface area contributed by atoms with E-state index in [-0.39, 0.29) is 36.5 Å². The van der Waals surface area contributed by atoms with Crippen molar-refractivity contribution in [2.45, 2.75) is 17.9 Å². The molecule has 0 saturated carbocycles. The lowest BCUT2D eigenvalue weighted by Crippen LogP contribution is -2.43. The average Bonchev–Trinajstić information content (AvgIpc) is 3.04. The van der Waals surface area contributed by atoms with Crippen LogP contribution in [0.15, 0.2) is 65.6 Å². The Hall–Kier alpha value is -2.75. The summed E-state index contributed by atoms with van der Waals surface area (Å²) in [6.45, 7) is 2.33. The number of esters is 1. The highest BCUT2D eigenvalue weighted by molar-refractivity contribution is 7.89. The van der Waals surface area contributed by atoms with Crippen LogP contribution in [0, 0.1) is 0 Å². The van der Waals surface area contributed by atoms with E-state index in [1.54, 1.807) is 23.1 Å². The van der Waals surface area contributed by atoms with Crippen molar-refractivity contribution in [3.05, 3.63) is 66.2 Å². The van der Waals surface area contributed by atoms with E-state index in [1.165, 1.54) is 19.2 Å². The highest BCUT2D eigenvalue weighted by Crippen LogP contribution is 2.14. The van der Waals surface area contributed by atoms with E-state index in [4.69, 9.17) is 4.74 Å². The van der Waals surface area contributed by atoms with Gasteiger partial charge in [-0.3, -0.25) is 14.5 Å². The van der Waals surface area contributed by atoms with E-state index in [1.807, 2.05) is 35.2 Å². The van der Waals surface area contributed by atoms with Crippen LogP contribution < -0.4 is 0 Å². The molecule has 0 unspecified atom stereocenters. The monoisotopic (exact) mass is 459 g/mol. The van der Waals surface area contributed by atoms with Crippen molar-refractivity contribution >= 4 is 21.9 Å². The minimum atomic E-state index is -3.72. The first-order valence-electron chi connectivity index (χ1n) is 10.6. The number of nitrogens with zero attached hydrogens (tertiary/aromatic N) is 3. The predicted octanol–water partition coefficient (Wildman–Crippen LogP) is 1.58. The summed E-state index contributed by atoms with van der Waals surface area (Å²) in [5.74, 6) is -0.553. The summed E-state index contributed by atoms with van der Waals surface area (Å²) in [5.41, 5.74) is 0.933. The summed E-state index contributed by atoms with van der Waals surface area (Å²) in [5, 5.41) is 0. The van der Waals surface area contributed by atoms with Crippen LogP contribution >= 0.6 is 0 Å². The molecule has 0 aliphatic carbocycles. The summed E-state index contributed by atoms with van der Waals surface area (Å²) >= 11 is 0. The molecule has 2 aromatic rings.